The number of halogens is 4. The van der Waals surface area contributed by atoms with Gasteiger partial charge in [0, 0.05) is 34.6 Å². The molecule has 1 atom stereocenters. The first kappa shape index (κ1) is 25.0. The minimum Gasteiger partial charge on any atom is -0.470 e. The molecule has 1 aliphatic rings. The summed E-state index contributed by atoms with van der Waals surface area (Å²) in [6.45, 7) is 10.2. The molecule has 0 spiro atoms. The van der Waals surface area contributed by atoms with Crippen LogP contribution in [0.3, 0.4) is 0 Å². The van der Waals surface area contributed by atoms with E-state index >= 15 is 0 Å². The van der Waals surface area contributed by atoms with Gasteiger partial charge >= 0.3 is 6.18 Å². The molecule has 1 fully saturated rings. The molecule has 3 nitrogen and oxygen atoms in total. The van der Waals surface area contributed by atoms with E-state index in [1.807, 2.05) is 54.0 Å². The van der Waals surface area contributed by atoms with Crippen molar-refractivity contribution in [2.75, 3.05) is 0 Å². The van der Waals surface area contributed by atoms with Gasteiger partial charge in [-0.05, 0) is 66.4 Å². The van der Waals surface area contributed by atoms with Crippen molar-refractivity contribution < 1.29 is 17.9 Å². The summed E-state index contributed by atoms with van der Waals surface area (Å²) in [7, 11) is 0. The highest BCUT2D eigenvalue weighted by Crippen LogP contribution is 2.35. The molecule has 190 valence electrons. The molecule has 0 amide bonds. The number of hydrogen-bond acceptors (Lipinski definition) is 2. The number of fused-ring (bicyclic) bond motifs is 1. The monoisotopic (exact) mass is 522 g/mol. The van der Waals surface area contributed by atoms with Crippen LogP contribution in [0.15, 0.2) is 91.5 Å². The van der Waals surface area contributed by atoms with E-state index in [1.165, 1.54) is 6.07 Å². The van der Waals surface area contributed by atoms with Crippen molar-refractivity contribution in [1.29, 1.82) is 0 Å². The van der Waals surface area contributed by atoms with Crippen LogP contribution in [0.5, 0.6) is 0 Å². The summed E-state index contributed by atoms with van der Waals surface area (Å²) in [6, 6.07) is 19.6. The predicted molar refractivity (Wildman–Crippen MR) is 141 cm³/mol. The van der Waals surface area contributed by atoms with Gasteiger partial charge in [0.1, 0.15) is 6.10 Å². The van der Waals surface area contributed by atoms with Gasteiger partial charge in [0.25, 0.3) is 0 Å². The van der Waals surface area contributed by atoms with Gasteiger partial charge in [-0.1, -0.05) is 60.6 Å². The standard InChI is InChI=1S/C30H26ClF3N2O/c1-18-29(37-20(3)35-18)15-22-5-4-6-23(13-22)17-36-19(2)27(14-21-7-10-25(31)11-8-21)26-12-9-24(16-28(26)36)30(32,33)34/h4-13,16,29,35H,1,3,14-15,17H2,2H3. The zero-order chi connectivity index (χ0) is 26.3. The maximum atomic E-state index is 13.6. The molecule has 5 rings (SSSR count). The van der Waals surface area contributed by atoms with Crippen molar-refractivity contribution >= 4 is 22.5 Å². The Balaban J connectivity index is 1.53. The molecular formula is C30H26ClF3N2O. The Morgan fingerprint density at radius 3 is 2.38 bits per heavy atom. The highest BCUT2D eigenvalue weighted by Gasteiger charge is 2.31. The maximum Gasteiger partial charge on any atom is 0.416 e. The van der Waals surface area contributed by atoms with Crippen molar-refractivity contribution in [3.8, 4) is 0 Å². The van der Waals surface area contributed by atoms with Crippen molar-refractivity contribution in [3.63, 3.8) is 0 Å². The van der Waals surface area contributed by atoms with E-state index < -0.39 is 11.7 Å². The molecule has 1 N–H and O–H groups in total. The van der Waals surface area contributed by atoms with E-state index in [0.717, 1.165) is 45.1 Å². The third kappa shape index (κ3) is 5.25. The molecule has 1 unspecified atom stereocenters. The quantitative estimate of drug-likeness (QED) is 0.280. The van der Waals surface area contributed by atoms with Gasteiger partial charge in [-0.25, -0.2) is 0 Å². The van der Waals surface area contributed by atoms with Crippen molar-refractivity contribution in [2.24, 2.45) is 0 Å². The van der Waals surface area contributed by atoms with E-state index in [1.54, 1.807) is 6.07 Å². The molecule has 37 heavy (non-hydrogen) atoms. The van der Waals surface area contributed by atoms with Crippen LogP contribution < -0.4 is 5.32 Å². The highest BCUT2D eigenvalue weighted by molar-refractivity contribution is 6.30. The summed E-state index contributed by atoms with van der Waals surface area (Å²) in [5, 5.41) is 4.46. The normalized spacial score (nSPS) is 15.8. The first-order valence-electron chi connectivity index (χ1n) is 11.9. The number of nitrogens with zero attached hydrogens (tertiary/aromatic N) is 1. The lowest BCUT2D eigenvalue weighted by Gasteiger charge is -2.14. The van der Waals surface area contributed by atoms with Gasteiger partial charge in [0.05, 0.1) is 11.3 Å². The average molecular weight is 523 g/mol. The van der Waals surface area contributed by atoms with Crippen LogP contribution in [0.1, 0.15) is 33.5 Å². The number of alkyl halides is 3. The Kier molecular flexibility index (Phi) is 6.54. The Hall–Kier alpha value is -3.64. The minimum atomic E-state index is -4.42. The van der Waals surface area contributed by atoms with Crippen LogP contribution in [0.4, 0.5) is 13.2 Å². The molecule has 1 aliphatic heterocycles. The summed E-state index contributed by atoms with van der Waals surface area (Å²) in [6.07, 6.45) is -3.42. The number of aromatic nitrogens is 1. The summed E-state index contributed by atoms with van der Waals surface area (Å²) < 4.78 is 48.5. The Morgan fingerprint density at radius 2 is 1.70 bits per heavy atom. The second-order valence-electron chi connectivity index (χ2n) is 9.39. The lowest BCUT2D eigenvalue weighted by molar-refractivity contribution is -0.137. The second-order valence-corrected chi connectivity index (χ2v) is 9.82. The van der Waals surface area contributed by atoms with E-state index in [0.29, 0.717) is 35.8 Å². The van der Waals surface area contributed by atoms with Crippen molar-refractivity contribution in [3.05, 3.63) is 130 Å². The van der Waals surface area contributed by atoms with E-state index in [9.17, 15) is 13.2 Å². The molecule has 0 radical (unpaired) electrons. The summed E-state index contributed by atoms with van der Waals surface area (Å²) in [4.78, 5) is 0. The lowest BCUT2D eigenvalue weighted by Crippen LogP contribution is -2.13. The molecule has 0 bridgehead atoms. The second kappa shape index (κ2) is 9.67. The Morgan fingerprint density at radius 1 is 0.973 bits per heavy atom. The largest absolute Gasteiger partial charge is 0.470 e. The third-order valence-electron chi connectivity index (χ3n) is 6.80. The topological polar surface area (TPSA) is 26.2 Å². The first-order valence-corrected chi connectivity index (χ1v) is 12.3. The molecule has 3 aromatic carbocycles. The predicted octanol–water partition coefficient (Wildman–Crippen LogP) is 7.78. The minimum absolute atomic E-state index is 0.211. The fourth-order valence-corrected chi connectivity index (χ4v) is 5.03. The molecule has 4 aromatic rings. The van der Waals surface area contributed by atoms with Gasteiger partial charge < -0.3 is 14.6 Å². The van der Waals surface area contributed by atoms with Crippen molar-refractivity contribution in [1.82, 2.24) is 9.88 Å². The van der Waals surface area contributed by atoms with Crippen LogP contribution in [0.25, 0.3) is 10.9 Å². The van der Waals surface area contributed by atoms with E-state index in [-0.39, 0.29) is 6.10 Å². The van der Waals surface area contributed by atoms with Crippen LogP contribution >= 0.6 is 11.6 Å². The molecule has 1 saturated heterocycles. The number of nitrogens with one attached hydrogen (secondary N) is 1. The molecule has 0 aliphatic carbocycles. The number of hydrogen-bond donors (Lipinski definition) is 1. The number of rotatable bonds is 6. The number of benzene rings is 3. The van der Waals surface area contributed by atoms with E-state index in [2.05, 4.69) is 24.5 Å². The zero-order valence-corrected chi connectivity index (χ0v) is 21.1. The summed E-state index contributed by atoms with van der Waals surface area (Å²) in [5.41, 5.74) is 5.68. The van der Waals surface area contributed by atoms with Crippen LogP contribution in [0, 0.1) is 6.92 Å². The summed E-state index contributed by atoms with van der Waals surface area (Å²) >= 11 is 6.05. The molecule has 0 saturated carbocycles. The van der Waals surface area contributed by atoms with Crippen LogP contribution in [0.2, 0.25) is 5.02 Å². The smallest absolute Gasteiger partial charge is 0.416 e. The molecule has 2 heterocycles. The highest BCUT2D eigenvalue weighted by atomic mass is 35.5. The van der Waals surface area contributed by atoms with Crippen molar-refractivity contribution in [2.45, 2.75) is 38.6 Å². The SMILES string of the molecule is C=C1NC(=C)C(Cc2cccc(Cn3c(C)c(Cc4ccc(Cl)cc4)c4ccc(C(F)(F)F)cc43)c2)O1. The van der Waals surface area contributed by atoms with Crippen LogP contribution in [-0.4, -0.2) is 10.7 Å². The molecular weight excluding hydrogens is 497 g/mol. The van der Waals surface area contributed by atoms with Crippen LogP contribution in [-0.2, 0) is 30.3 Å². The molecule has 7 heteroatoms. The van der Waals surface area contributed by atoms with Gasteiger partial charge in [0.15, 0.2) is 5.88 Å². The summed E-state index contributed by atoms with van der Waals surface area (Å²) in [5.74, 6) is 0.481. The zero-order valence-electron chi connectivity index (χ0n) is 20.3. The fourth-order valence-electron chi connectivity index (χ4n) is 4.91. The molecule has 1 aromatic heterocycles. The Labute approximate surface area is 218 Å². The van der Waals surface area contributed by atoms with E-state index in [4.69, 9.17) is 16.3 Å². The van der Waals surface area contributed by atoms with Gasteiger partial charge in [-0.2, -0.15) is 13.2 Å². The van der Waals surface area contributed by atoms with Gasteiger partial charge in [-0.3, -0.25) is 0 Å². The van der Waals surface area contributed by atoms with Gasteiger partial charge in [-0.15, -0.1) is 0 Å². The number of ether oxygens (including phenoxy) is 1. The lowest BCUT2D eigenvalue weighted by atomic mass is 10.0. The first-order chi connectivity index (χ1) is 17.6. The van der Waals surface area contributed by atoms with Gasteiger partial charge in [0.2, 0.25) is 0 Å². The third-order valence-corrected chi connectivity index (χ3v) is 7.06. The average Bonchev–Trinajstić information content (AvgIpc) is 3.29. The fraction of sp³-hybridized carbons (Fsp3) is 0.200. The Bertz CT molecular complexity index is 1500. The maximum absolute atomic E-state index is 13.6.